The number of halogens is 1. The maximum absolute atomic E-state index is 13.3. The summed E-state index contributed by atoms with van der Waals surface area (Å²) in [5, 5.41) is 0. The van der Waals surface area contributed by atoms with Crippen LogP contribution in [0.2, 0.25) is 0 Å². The van der Waals surface area contributed by atoms with Crippen molar-refractivity contribution < 1.29 is 9.18 Å². The summed E-state index contributed by atoms with van der Waals surface area (Å²) in [6.07, 6.45) is 0. The average molecular weight is 271 g/mol. The molecule has 2 nitrogen and oxygen atoms in total. The number of nitrogens with two attached hydrogens (primary N) is 1. The molecule has 0 amide bonds. The second-order valence-electron chi connectivity index (χ2n) is 5.05. The summed E-state index contributed by atoms with van der Waals surface area (Å²) in [6.45, 7) is 3.58. The summed E-state index contributed by atoms with van der Waals surface area (Å²) in [5.74, 6) is -0.935. The molecule has 0 aliphatic rings. The van der Waals surface area contributed by atoms with Gasteiger partial charge in [0.15, 0.2) is 5.78 Å². The van der Waals surface area contributed by atoms with Crippen molar-refractivity contribution in [3.8, 4) is 0 Å². The fourth-order valence-electron chi connectivity index (χ4n) is 2.23. The molecule has 0 heterocycles. The van der Waals surface area contributed by atoms with Gasteiger partial charge in [-0.3, -0.25) is 4.79 Å². The first-order valence-electron chi connectivity index (χ1n) is 6.61. The minimum Gasteiger partial charge on any atom is -0.323 e. The number of rotatable bonds is 4. The Morgan fingerprint density at radius 2 is 1.80 bits per heavy atom. The molecule has 0 spiro atoms. The molecule has 2 aromatic carbocycles. The first kappa shape index (κ1) is 14.4. The molecular formula is C17H18FNO. The standard InChI is InChI=1S/C17H18FNO/c1-11-8-9-14(18)10-15(11)17(20)12(2)16(19)13-6-4-3-5-7-13/h3-10,12,16H,19H2,1-2H3. The number of ketones is 1. The van der Waals surface area contributed by atoms with Crippen molar-refractivity contribution in [3.63, 3.8) is 0 Å². The minimum absolute atomic E-state index is 0.127. The van der Waals surface area contributed by atoms with E-state index < -0.39 is 17.8 Å². The van der Waals surface area contributed by atoms with Gasteiger partial charge in [-0.15, -0.1) is 0 Å². The molecule has 2 unspecified atom stereocenters. The Morgan fingerprint density at radius 1 is 1.15 bits per heavy atom. The van der Waals surface area contributed by atoms with E-state index >= 15 is 0 Å². The van der Waals surface area contributed by atoms with Crippen molar-refractivity contribution in [1.29, 1.82) is 0 Å². The number of hydrogen-bond acceptors (Lipinski definition) is 2. The molecule has 0 saturated heterocycles. The molecule has 2 atom stereocenters. The molecular weight excluding hydrogens is 253 g/mol. The Kier molecular flexibility index (Phi) is 4.30. The highest BCUT2D eigenvalue weighted by atomic mass is 19.1. The molecule has 2 rings (SSSR count). The topological polar surface area (TPSA) is 43.1 Å². The molecule has 20 heavy (non-hydrogen) atoms. The average Bonchev–Trinajstić information content (AvgIpc) is 2.48. The van der Waals surface area contributed by atoms with Gasteiger partial charge in [-0.25, -0.2) is 4.39 Å². The van der Waals surface area contributed by atoms with E-state index in [4.69, 9.17) is 5.73 Å². The van der Waals surface area contributed by atoms with Crippen LogP contribution in [-0.4, -0.2) is 5.78 Å². The van der Waals surface area contributed by atoms with E-state index in [1.165, 1.54) is 12.1 Å². The van der Waals surface area contributed by atoms with Gasteiger partial charge in [-0.1, -0.05) is 43.3 Å². The number of Topliss-reactive ketones (excluding diaryl/α,β-unsaturated/α-hetero) is 1. The van der Waals surface area contributed by atoms with E-state index in [9.17, 15) is 9.18 Å². The molecule has 3 heteroatoms. The van der Waals surface area contributed by atoms with Crippen LogP contribution in [0.1, 0.15) is 34.5 Å². The van der Waals surface area contributed by atoms with Crippen LogP contribution in [0.25, 0.3) is 0 Å². The van der Waals surface area contributed by atoms with Gasteiger partial charge < -0.3 is 5.73 Å². The number of carbonyl (C=O) groups is 1. The number of benzene rings is 2. The quantitative estimate of drug-likeness (QED) is 0.862. The van der Waals surface area contributed by atoms with Crippen LogP contribution in [0.5, 0.6) is 0 Å². The second kappa shape index (κ2) is 5.97. The first-order chi connectivity index (χ1) is 9.50. The third-order valence-corrected chi connectivity index (χ3v) is 3.60. The molecule has 2 N–H and O–H groups in total. The largest absolute Gasteiger partial charge is 0.323 e. The predicted octanol–water partition coefficient (Wildman–Crippen LogP) is 3.65. The number of aryl methyl sites for hydroxylation is 1. The normalized spacial score (nSPS) is 13.8. The van der Waals surface area contributed by atoms with Crippen molar-refractivity contribution in [2.45, 2.75) is 19.9 Å². The summed E-state index contributed by atoms with van der Waals surface area (Å²) in [4.78, 5) is 12.5. The van der Waals surface area contributed by atoms with Crippen molar-refractivity contribution in [2.24, 2.45) is 11.7 Å². The van der Waals surface area contributed by atoms with Crippen LogP contribution < -0.4 is 5.73 Å². The van der Waals surface area contributed by atoms with Crippen LogP contribution in [0, 0.1) is 18.7 Å². The molecule has 0 radical (unpaired) electrons. The Bertz CT molecular complexity index is 610. The number of hydrogen-bond donors (Lipinski definition) is 1. The highest BCUT2D eigenvalue weighted by Gasteiger charge is 2.24. The van der Waals surface area contributed by atoms with Gasteiger partial charge in [0.25, 0.3) is 0 Å². The molecule has 0 fully saturated rings. The van der Waals surface area contributed by atoms with Crippen LogP contribution in [0.3, 0.4) is 0 Å². The van der Waals surface area contributed by atoms with Crippen LogP contribution in [0.4, 0.5) is 4.39 Å². The van der Waals surface area contributed by atoms with Crippen molar-refractivity contribution in [2.75, 3.05) is 0 Å². The Balaban J connectivity index is 2.27. The second-order valence-corrected chi connectivity index (χ2v) is 5.05. The molecule has 0 aliphatic carbocycles. The maximum atomic E-state index is 13.3. The smallest absolute Gasteiger partial charge is 0.167 e. The molecule has 0 saturated carbocycles. The predicted molar refractivity (Wildman–Crippen MR) is 78.0 cm³/mol. The summed E-state index contributed by atoms with van der Waals surface area (Å²) in [7, 11) is 0. The third kappa shape index (κ3) is 2.94. The highest BCUT2D eigenvalue weighted by molar-refractivity contribution is 5.99. The fraction of sp³-hybridized carbons (Fsp3) is 0.235. The van der Waals surface area contributed by atoms with Crippen molar-refractivity contribution >= 4 is 5.78 Å². The zero-order chi connectivity index (χ0) is 14.7. The lowest BCUT2D eigenvalue weighted by molar-refractivity contribution is 0.0911. The van der Waals surface area contributed by atoms with E-state index in [2.05, 4.69) is 0 Å². The molecule has 0 aromatic heterocycles. The zero-order valence-corrected chi connectivity index (χ0v) is 11.6. The Hall–Kier alpha value is -2.00. The summed E-state index contributed by atoms with van der Waals surface area (Å²) in [6, 6.07) is 13.3. The fourth-order valence-corrected chi connectivity index (χ4v) is 2.23. The van der Waals surface area contributed by atoms with Gasteiger partial charge >= 0.3 is 0 Å². The minimum atomic E-state index is -0.405. The first-order valence-corrected chi connectivity index (χ1v) is 6.61. The summed E-state index contributed by atoms with van der Waals surface area (Å²) >= 11 is 0. The SMILES string of the molecule is Cc1ccc(F)cc1C(=O)C(C)C(N)c1ccccc1. The van der Waals surface area contributed by atoms with Crippen LogP contribution in [0.15, 0.2) is 48.5 Å². The highest BCUT2D eigenvalue weighted by Crippen LogP contribution is 2.24. The van der Waals surface area contributed by atoms with Crippen molar-refractivity contribution in [1.82, 2.24) is 0 Å². The Morgan fingerprint density at radius 3 is 2.45 bits per heavy atom. The lowest BCUT2D eigenvalue weighted by atomic mass is 9.87. The van der Waals surface area contributed by atoms with Gasteiger partial charge in [0.1, 0.15) is 5.82 Å². The molecule has 0 bridgehead atoms. The third-order valence-electron chi connectivity index (χ3n) is 3.60. The molecule has 0 aliphatic heterocycles. The summed E-state index contributed by atoms with van der Waals surface area (Å²) in [5.41, 5.74) is 8.23. The van der Waals surface area contributed by atoms with Gasteiger partial charge in [0.05, 0.1) is 0 Å². The van der Waals surface area contributed by atoms with Gasteiger partial charge in [-0.2, -0.15) is 0 Å². The van der Waals surface area contributed by atoms with E-state index in [0.29, 0.717) is 5.56 Å². The van der Waals surface area contributed by atoms with Gasteiger partial charge in [-0.05, 0) is 30.2 Å². The van der Waals surface area contributed by atoms with Crippen LogP contribution >= 0.6 is 0 Å². The van der Waals surface area contributed by atoms with Gasteiger partial charge in [0.2, 0.25) is 0 Å². The van der Waals surface area contributed by atoms with E-state index in [1.807, 2.05) is 30.3 Å². The zero-order valence-electron chi connectivity index (χ0n) is 11.6. The van der Waals surface area contributed by atoms with Crippen LogP contribution in [-0.2, 0) is 0 Å². The lowest BCUT2D eigenvalue weighted by Gasteiger charge is -2.20. The van der Waals surface area contributed by atoms with E-state index in [0.717, 1.165) is 11.1 Å². The Labute approximate surface area is 118 Å². The summed E-state index contributed by atoms with van der Waals surface area (Å²) < 4.78 is 13.3. The molecule has 2 aromatic rings. The monoisotopic (exact) mass is 271 g/mol. The van der Waals surface area contributed by atoms with Gasteiger partial charge in [0, 0.05) is 17.5 Å². The molecule has 104 valence electrons. The maximum Gasteiger partial charge on any atom is 0.167 e. The lowest BCUT2D eigenvalue weighted by Crippen LogP contribution is -2.26. The van der Waals surface area contributed by atoms with E-state index in [1.54, 1.807) is 19.9 Å². The number of carbonyl (C=O) groups excluding carboxylic acids is 1. The van der Waals surface area contributed by atoms with Crippen molar-refractivity contribution in [3.05, 3.63) is 71.0 Å². The van der Waals surface area contributed by atoms with E-state index in [-0.39, 0.29) is 5.78 Å².